The number of Topliss-reactive ketones (excluding diaryl/α,β-unsaturated/α-hetero) is 1. The van der Waals surface area contributed by atoms with Crippen molar-refractivity contribution < 1.29 is 4.79 Å². The molecule has 2 aliphatic rings. The lowest BCUT2D eigenvalue weighted by molar-refractivity contribution is 0.102. The predicted octanol–water partition coefficient (Wildman–Crippen LogP) is 4.43. The number of aryl methyl sites for hydroxylation is 1. The average Bonchev–Trinajstić information content (AvgIpc) is 3.16. The van der Waals surface area contributed by atoms with E-state index in [1.807, 2.05) is 0 Å². The van der Waals surface area contributed by atoms with Crippen molar-refractivity contribution >= 4 is 17.1 Å². The largest absolute Gasteiger partial charge is 0.299 e. The normalized spacial score (nSPS) is 19.9. The van der Waals surface area contributed by atoms with Crippen molar-refractivity contribution in [3.05, 3.63) is 57.3 Å². The summed E-state index contributed by atoms with van der Waals surface area (Å²) in [6.07, 6.45) is 5.12. The van der Waals surface area contributed by atoms with Crippen LogP contribution in [0.5, 0.6) is 0 Å². The minimum atomic E-state index is 0.182. The topological polar surface area (TPSA) is 20.3 Å². The molecule has 4 rings (SSSR count). The Morgan fingerprint density at radius 1 is 1.22 bits per heavy atom. The molecule has 1 aliphatic carbocycles. The first-order valence-electron chi connectivity index (χ1n) is 8.55. The van der Waals surface area contributed by atoms with Crippen LogP contribution in [0.3, 0.4) is 0 Å². The van der Waals surface area contributed by atoms with E-state index in [1.165, 1.54) is 44.3 Å². The maximum Gasteiger partial charge on any atom is 0.169 e. The zero-order chi connectivity index (χ0) is 15.9. The summed E-state index contributed by atoms with van der Waals surface area (Å²) >= 11 is 1.58. The third kappa shape index (κ3) is 2.77. The predicted molar refractivity (Wildman–Crippen MR) is 95.3 cm³/mol. The van der Waals surface area contributed by atoms with Crippen LogP contribution in [0.1, 0.15) is 52.5 Å². The zero-order valence-corrected chi connectivity index (χ0v) is 14.5. The van der Waals surface area contributed by atoms with Crippen LogP contribution in [0.25, 0.3) is 0 Å². The van der Waals surface area contributed by atoms with Crippen LogP contribution in [0.2, 0.25) is 0 Å². The Morgan fingerprint density at radius 2 is 2.00 bits per heavy atom. The van der Waals surface area contributed by atoms with E-state index in [9.17, 15) is 4.79 Å². The van der Waals surface area contributed by atoms with E-state index in [0.29, 0.717) is 5.41 Å². The van der Waals surface area contributed by atoms with Crippen molar-refractivity contribution in [2.75, 3.05) is 13.1 Å². The third-order valence-corrected chi connectivity index (χ3v) is 6.76. The SMILES string of the molecule is CC(=O)c1cc(CN2CCC3(CCc4ccccc43)CC2)cs1. The molecule has 3 heteroatoms. The molecule has 0 saturated carbocycles. The van der Waals surface area contributed by atoms with Crippen LogP contribution in [-0.4, -0.2) is 23.8 Å². The molecule has 1 fully saturated rings. The smallest absolute Gasteiger partial charge is 0.169 e. The Hall–Kier alpha value is -1.45. The number of ketones is 1. The van der Waals surface area contributed by atoms with Crippen LogP contribution in [0.4, 0.5) is 0 Å². The molecule has 2 aromatic rings. The Morgan fingerprint density at radius 3 is 2.74 bits per heavy atom. The summed E-state index contributed by atoms with van der Waals surface area (Å²) in [6.45, 7) is 4.97. The van der Waals surface area contributed by atoms with Gasteiger partial charge >= 0.3 is 0 Å². The van der Waals surface area contributed by atoms with Gasteiger partial charge in [-0.05, 0) is 79.2 Å². The average molecular weight is 325 g/mol. The first-order chi connectivity index (χ1) is 11.2. The maximum absolute atomic E-state index is 11.4. The molecule has 120 valence electrons. The van der Waals surface area contributed by atoms with Gasteiger partial charge in [-0.3, -0.25) is 9.69 Å². The molecule has 0 unspecified atom stereocenters. The molecular weight excluding hydrogens is 302 g/mol. The number of fused-ring (bicyclic) bond motifs is 2. The highest BCUT2D eigenvalue weighted by molar-refractivity contribution is 7.12. The second-order valence-corrected chi connectivity index (χ2v) is 8.00. The quantitative estimate of drug-likeness (QED) is 0.778. The van der Waals surface area contributed by atoms with E-state index in [-0.39, 0.29) is 5.78 Å². The highest BCUT2D eigenvalue weighted by atomic mass is 32.1. The Balaban J connectivity index is 1.42. The third-order valence-electron chi connectivity index (χ3n) is 5.68. The second-order valence-electron chi connectivity index (χ2n) is 7.09. The highest BCUT2D eigenvalue weighted by Gasteiger charge is 2.40. The summed E-state index contributed by atoms with van der Waals surface area (Å²) < 4.78 is 0. The van der Waals surface area contributed by atoms with Crippen LogP contribution >= 0.6 is 11.3 Å². The fraction of sp³-hybridized carbons (Fsp3) is 0.450. The first-order valence-corrected chi connectivity index (χ1v) is 9.43. The number of piperidine rings is 1. The monoisotopic (exact) mass is 325 g/mol. The summed E-state index contributed by atoms with van der Waals surface area (Å²) in [5, 5.41) is 2.14. The van der Waals surface area contributed by atoms with Crippen molar-refractivity contribution in [2.45, 2.75) is 44.6 Å². The van der Waals surface area contributed by atoms with Crippen LogP contribution in [0, 0.1) is 0 Å². The molecule has 0 amide bonds. The lowest BCUT2D eigenvalue weighted by Crippen LogP contribution is -2.41. The molecule has 0 bridgehead atoms. The second kappa shape index (κ2) is 5.88. The van der Waals surface area contributed by atoms with Gasteiger partial charge in [0.2, 0.25) is 0 Å². The summed E-state index contributed by atoms with van der Waals surface area (Å²) in [5.41, 5.74) is 4.92. The van der Waals surface area contributed by atoms with E-state index >= 15 is 0 Å². The van der Waals surface area contributed by atoms with Gasteiger partial charge in [0.25, 0.3) is 0 Å². The van der Waals surface area contributed by atoms with Gasteiger partial charge in [-0.2, -0.15) is 0 Å². The fourth-order valence-corrected chi connectivity index (χ4v) is 5.13. The minimum Gasteiger partial charge on any atom is -0.299 e. The highest BCUT2D eigenvalue weighted by Crippen LogP contribution is 2.46. The first kappa shape index (κ1) is 15.1. The molecule has 1 aromatic carbocycles. The lowest BCUT2D eigenvalue weighted by atomic mass is 9.74. The number of hydrogen-bond acceptors (Lipinski definition) is 3. The molecular formula is C20H23NOS. The number of rotatable bonds is 3. The van der Waals surface area contributed by atoms with Gasteiger partial charge in [0.1, 0.15) is 0 Å². The zero-order valence-electron chi connectivity index (χ0n) is 13.7. The summed E-state index contributed by atoms with van der Waals surface area (Å²) in [7, 11) is 0. The summed E-state index contributed by atoms with van der Waals surface area (Å²) in [4.78, 5) is 14.9. The van der Waals surface area contributed by atoms with Crippen molar-refractivity contribution in [2.24, 2.45) is 0 Å². The van der Waals surface area contributed by atoms with Crippen molar-refractivity contribution in [3.8, 4) is 0 Å². The molecule has 2 nitrogen and oxygen atoms in total. The fourth-order valence-electron chi connectivity index (χ4n) is 4.32. The van der Waals surface area contributed by atoms with Gasteiger partial charge in [0.05, 0.1) is 4.88 Å². The Labute approximate surface area is 142 Å². The van der Waals surface area contributed by atoms with Crippen LogP contribution in [-0.2, 0) is 18.4 Å². The lowest BCUT2D eigenvalue weighted by Gasteiger charge is -2.40. The molecule has 0 atom stereocenters. The maximum atomic E-state index is 11.4. The molecule has 0 N–H and O–H groups in total. The van der Waals surface area contributed by atoms with E-state index in [0.717, 1.165) is 11.4 Å². The number of likely N-dealkylation sites (tertiary alicyclic amines) is 1. The van der Waals surface area contributed by atoms with Gasteiger partial charge in [-0.1, -0.05) is 24.3 Å². The molecule has 0 radical (unpaired) electrons. The summed E-state index contributed by atoms with van der Waals surface area (Å²) in [5.74, 6) is 0.182. The van der Waals surface area contributed by atoms with Gasteiger partial charge in [-0.25, -0.2) is 0 Å². The molecule has 23 heavy (non-hydrogen) atoms. The van der Waals surface area contributed by atoms with Crippen molar-refractivity contribution in [3.63, 3.8) is 0 Å². The molecule has 1 aromatic heterocycles. The number of hydrogen-bond donors (Lipinski definition) is 0. The molecule has 1 spiro atoms. The van der Waals surface area contributed by atoms with Crippen molar-refractivity contribution in [1.29, 1.82) is 0 Å². The van der Waals surface area contributed by atoms with Crippen molar-refractivity contribution in [1.82, 2.24) is 4.90 Å². The minimum absolute atomic E-state index is 0.182. The van der Waals surface area contributed by atoms with E-state index in [4.69, 9.17) is 0 Å². The Bertz CT molecular complexity index is 725. The summed E-state index contributed by atoms with van der Waals surface area (Å²) in [6, 6.07) is 11.1. The number of carbonyl (C=O) groups excluding carboxylic acids is 1. The number of nitrogens with zero attached hydrogens (tertiary/aromatic N) is 1. The van der Waals surface area contributed by atoms with E-state index in [1.54, 1.807) is 29.4 Å². The standard InChI is InChI=1S/C20H23NOS/c1-15(22)19-12-16(14-23-19)13-21-10-8-20(9-11-21)7-6-17-4-2-3-5-18(17)20/h2-5,12,14H,6-11,13H2,1H3. The van der Waals surface area contributed by atoms with Gasteiger partial charge in [0.15, 0.2) is 5.78 Å². The van der Waals surface area contributed by atoms with Gasteiger partial charge < -0.3 is 0 Å². The number of benzene rings is 1. The Kier molecular flexibility index (Phi) is 3.86. The number of thiophene rings is 1. The molecule has 1 aliphatic heterocycles. The van der Waals surface area contributed by atoms with Gasteiger partial charge in [0, 0.05) is 6.54 Å². The number of carbonyl (C=O) groups is 1. The van der Waals surface area contributed by atoms with E-state index < -0.39 is 0 Å². The van der Waals surface area contributed by atoms with Gasteiger partial charge in [-0.15, -0.1) is 11.3 Å². The van der Waals surface area contributed by atoms with Crippen LogP contribution in [0.15, 0.2) is 35.7 Å². The van der Waals surface area contributed by atoms with Crippen LogP contribution < -0.4 is 0 Å². The molecule has 2 heterocycles. The molecule has 1 saturated heterocycles. The van der Waals surface area contributed by atoms with E-state index in [2.05, 4.69) is 40.6 Å².